The molecule has 0 saturated carbocycles. The van der Waals surface area contributed by atoms with Crippen LogP contribution in [0.25, 0.3) is 0 Å². The predicted molar refractivity (Wildman–Crippen MR) is 110 cm³/mol. The number of sulfonamides is 1. The Morgan fingerprint density at radius 3 is 2.24 bits per heavy atom. The second-order valence-corrected chi connectivity index (χ2v) is 9.00. The minimum Gasteiger partial charge on any atom is -0.497 e. The van der Waals surface area contributed by atoms with Crippen molar-refractivity contribution >= 4 is 27.5 Å². The molecule has 1 aliphatic rings. The van der Waals surface area contributed by atoms with E-state index in [1.54, 1.807) is 55.3 Å². The molecule has 29 heavy (non-hydrogen) atoms. The maximum atomic E-state index is 12.8. The predicted octanol–water partition coefficient (Wildman–Crippen LogP) is 2.65. The van der Waals surface area contributed by atoms with Gasteiger partial charge in [-0.2, -0.15) is 4.31 Å². The van der Waals surface area contributed by atoms with Gasteiger partial charge in [-0.05, 0) is 49.4 Å². The number of hydrogen-bond acceptors (Lipinski definition) is 5. The molecule has 156 valence electrons. The Balaban J connectivity index is 1.58. The second-order valence-electron chi connectivity index (χ2n) is 6.62. The van der Waals surface area contributed by atoms with Gasteiger partial charge in [0.25, 0.3) is 5.91 Å². The number of benzene rings is 2. The van der Waals surface area contributed by atoms with Crippen molar-refractivity contribution in [2.24, 2.45) is 0 Å². The molecule has 1 saturated heterocycles. The number of nitrogens with zero attached hydrogens (tertiary/aromatic N) is 2. The number of hydrogen-bond donors (Lipinski definition) is 0. The van der Waals surface area contributed by atoms with E-state index in [1.165, 1.54) is 16.4 Å². The van der Waals surface area contributed by atoms with Crippen LogP contribution in [0.15, 0.2) is 53.4 Å². The van der Waals surface area contributed by atoms with Crippen LogP contribution in [0.1, 0.15) is 6.92 Å². The zero-order valence-electron chi connectivity index (χ0n) is 16.2. The summed E-state index contributed by atoms with van der Waals surface area (Å²) >= 11 is 5.92. The van der Waals surface area contributed by atoms with E-state index >= 15 is 0 Å². The zero-order chi connectivity index (χ0) is 21.0. The Kier molecular flexibility index (Phi) is 6.66. The summed E-state index contributed by atoms with van der Waals surface area (Å²) in [5.41, 5.74) is 0. The molecule has 1 atom stereocenters. The fraction of sp³-hybridized carbons (Fsp3) is 0.350. The second kappa shape index (κ2) is 9.02. The number of carbonyl (C=O) groups excluding carboxylic acids is 1. The van der Waals surface area contributed by atoms with Crippen molar-refractivity contribution < 1.29 is 22.7 Å². The van der Waals surface area contributed by atoms with Gasteiger partial charge < -0.3 is 14.4 Å². The number of halogens is 1. The molecule has 3 rings (SSSR count). The van der Waals surface area contributed by atoms with E-state index in [9.17, 15) is 13.2 Å². The molecule has 0 N–H and O–H groups in total. The Hall–Kier alpha value is -2.29. The molecule has 2 aromatic rings. The standard InChI is InChI=1S/C20H23ClN2O5S/c1-15(28-18-8-6-17(27-2)7-9-18)20(24)22-10-12-23(13-11-22)29(25,26)19-5-3-4-16(21)14-19/h3-9,14-15H,10-13H2,1-2H3. The van der Waals surface area contributed by atoms with Gasteiger partial charge in [0.1, 0.15) is 11.5 Å². The number of rotatable bonds is 6. The van der Waals surface area contributed by atoms with Crippen LogP contribution in [0.3, 0.4) is 0 Å². The lowest BCUT2D eigenvalue weighted by atomic mass is 10.2. The highest BCUT2D eigenvalue weighted by Crippen LogP contribution is 2.22. The van der Waals surface area contributed by atoms with Crippen LogP contribution in [0.4, 0.5) is 0 Å². The third kappa shape index (κ3) is 5.01. The average molecular weight is 439 g/mol. The SMILES string of the molecule is COc1ccc(OC(C)C(=O)N2CCN(S(=O)(=O)c3cccc(Cl)c3)CC2)cc1. The van der Waals surface area contributed by atoms with Gasteiger partial charge in [0.2, 0.25) is 10.0 Å². The van der Waals surface area contributed by atoms with Crippen LogP contribution in [0.2, 0.25) is 5.02 Å². The summed E-state index contributed by atoms with van der Waals surface area (Å²) in [7, 11) is -2.06. The number of methoxy groups -OCH3 is 1. The normalized spacial score (nSPS) is 16.3. The molecule has 1 unspecified atom stereocenters. The molecular weight excluding hydrogens is 416 g/mol. The topological polar surface area (TPSA) is 76.2 Å². The van der Waals surface area contributed by atoms with E-state index in [-0.39, 0.29) is 23.9 Å². The Morgan fingerprint density at radius 1 is 1.03 bits per heavy atom. The van der Waals surface area contributed by atoms with Crippen molar-refractivity contribution in [2.45, 2.75) is 17.9 Å². The molecule has 1 heterocycles. The highest BCUT2D eigenvalue weighted by atomic mass is 35.5. The molecule has 0 spiro atoms. The molecule has 1 amide bonds. The third-order valence-electron chi connectivity index (χ3n) is 4.70. The minimum absolute atomic E-state index is 0.154. The summed E-state index contributed by atoms with van der Waals surface area (Å²) in [5, 5.41) is 0.365. The first kappa shape index (κ1) is 21.4. The number of ether oxygens (including phenoxy) is 2. The maximum Gasteiger partial charge on any atom is 0.263 e. The molecule has 0 aromatic heterocycles. The Bertz CT molecular complexity index is 957. The van der Waals surface area contributed by atoms with Gasteiger partial charge in [0.15, 0.2) is 6.10 Å². The number of amides is 1. The molecule has 1 aliphatic heterocycles. The van der Waals surface area contributed by atoms with E-state index in [2.05, 4.69) is 0 Å². The maximum absolute atomic E-state index is 12.8. The van der Waals surface area contributed by atoms with E-state index < -0.39 is 16.1 Å². The first-order valence-corrected chi connectivity index (χ1v) is 11.0. The van der Waals surface area contributed by atoms with E-state index in [0.717, 1.165) is 0 Å². The quantitative estimate of drug-likeness (QED) is 0.693. The molecule has 7 nitrogen and oxygen atoms in total. The number of carbonyl (C=O) groups is 1. The summed E-state index contributed by atoms with van der Waals surface area (Å²) in [6.45, 7) is 2.72. The van der Waals surface area contributed by atoms with Crippen molar-refractivity contribution in [1.82, 2.24) is 9.21 Å². The lowest BCUT2D eigenvalue weighted by Crippen LogP contribution is -2.53. The van der Waals surface area contributed by atoms with Crippen LogP contribution in [-0.4, -0.2) is 62.9 Å². The molecule has 2 aromatic carbocycles. The first-order chi connectivity index (χ1) is 13.8. The molecule has 1 fully saturated rings. The third-order valence-corrected chi connectivity index (χ3v) is 6.83. The van der Waals surface area contributed by atoms with Gasteiger partial charge in [0.05, 0.1) is 12.0 Å². The van der Waals surface area contributed by atoms with Crippen LogP contribution < -0.4 is 9.47 Å². The average Bonchev–Trinajstić information content (AvgIpc) is 2.74. The molecule has 9 heteroatoms. The van der Waals surface area contributed by atoms with E-state index in [1.807, 2.05) is 0 Å². The molecule has 0 radical (unpaired) electrons. The largest absolute Gasteiger partial charge is 0.497 e. The van der Waals surface area contributed by atoms with Crippen molar-refractivity contribution in [1.29, 1.82) is 0 Å². The molecular formula is C20H23ClN2O5S. The summed E-state index contributed by atoms with van der Waals surface area (Å²) in [6.07, 6.45) is -0.681. The summed E-state index contributed by atoms with van der Waals surface area (Å²) < 4.78 is 37.7. The van der Waals surface area contributed by atoms with Gasteiger partial charge in [-0.1, -0.05) is 17.7 Å². The van der Waals surface area contributed by atoms with E-state index in [0.29, 0.717) is 29.6 Å². The van der Waals surface area contributed by atoms with Crippen molar-refractivity contribution in [3.63, 3.8) is 0 Å². The fourth-order valence-electron chi connectivity index (χ4n) is 3.09. The highest BCUT2D eigenvalue weighted by molar-refractivity contribution is 7.89. The van der Waals surface area contributed by atoms with Crippen LogP contribution in [0, 0.1) is 0 Å². The van der Waals surface area contributed by atoms with Crippen LogP contribution in [-0.2, 0) is 14.8 Å². The Labute approximate surface area is 175 Å². The van der Waals surface area contributed by atoms with Crippen LogP contribution in [0.5, 0.6) is 11.5 Å². The molecule has 0 aliphatic carbocycles. The van der Waals surface area contributed by atoms with Gasteiger partial charge in [-0.25, -0.2) is 8.42 Å². The van der Waals surface area contributed by atoms with Crippen molar-refractivity contribution in [3.8, 4) is 11.5 Å². The fourth-order valence-corrected chi connectivity index (χ4v) is 4.81. The van der Waals surface area contributed by atoms with Crippen LogP contribution >= 0.6 is 11.6 Å². The van der Waals surface area contributed by atoms with Crippen molar-refractivity contribution in [3.05, 3.63) is 53.6 Å². The highest BCUT2D eigenvalue weighted by Gasteiger charge is 2.32. The smallest absolute Gasteiger partial charge is 0.263 e. The lowest BCUT2D eigenvalue weighted by molar-refractivity contribution is -0.139. The first-order valence-electron chi connectivity index (χ1n) is 9.16. The number of piperazine rings is 1. The minimum atomic E-state index is -3.64. The van der Waals surface area contributed by atoms with Gasteiger partial charge >= 0.3 is 0 Å². The lowest BCUT2D eigenvalue weighted by Gasteiger charge is -2.35. The summed E-state index contributed by atoms with van der Waals surface area (Å²) in [6, 6.07) is 13.2. The van der Waals surface area contributed by atoms with Gasteiger partial charge in [-0.3, -0.25) is 4.79 Å². The monoisotopic (exact) mass is 438 g/mol. The Morgan fingerprint density at radius 2 is 1.66 bits per heavy atom. The zero-order valence-corrected chi connectivity index (χ0v) is 17.8. The summed E-state index contributed by atoms with van der Waals surface area (Å²) in [4.78, 5) is 14.5. The van der Waals surface area contributed by atoms with E-state index in [4.69, 9.17) is 21.1 Å². The van der Waals surface area contributed by atoms with Gasteiger partial charge in [-0.15, -0.1) is 0 Å². The molecule has 0 bridgehead atoms. The van der Waals surface area contributed by atoms with Gasteiger partial charge in [0, 0.05) is 31.2 Å². The summed E-state index contributed by atoms with van der Waals surface area (Å²) in [5.74, 6) is 1.09. The van der Waals surface area contributed by atoms with Crippen molar-refractivity contribution in [2.75, 3.05) is 33.3 Å².